The molecule has 0 aliphatic carbocycles. The van der Waals surface area contributed by atoms with E-state index in [-0.39, 0.29) is 0 Å². The van der Waals surface area contributed by atoms with Crippen LogP contribution in [0.2, 0.25) is 0 Å². The Morgan fingerprint density at radius 2 is 1.57 bits per heavy atom. The molecule has 0 aromatic heterocycles. The molecule has 0 aliphatic rings. The van der Waals surface area contributed by atoms with Gasteiger partial charge in [0.25, 0.3) is 0 Å². The Kier molecular flexibility index (Phi) is 5.98. The van der Waals surface area contributed by atoms with Gasteiger partial charge in [-0.15, -0.1) is 0 Å². The molecule has 0 atom stereocenters. The highest BCUT2D eigenvalue weighted by Crippen LogP contribution is 2.25. The normalized spacial score (nSPS) is 11.8. The largest absolute Gasteiger partial charge is 0.244 e. The Bertz CT molecular complexity index is 690. The number of nitrogens with zero attached hydrogens (tertiary/aromatic N) is 1. The molecule has 0 bridgehead atoms. The Hall–Kier alpha value is -0.690. The molecule has 0 saturated carbocycles. The summed E-state index contributed by atoms with van der Waals surface area (Å²) in [6, 6.07) is 16.5. The van der Waals surface area contributed by atoms with E-state index in [0.29, 0.717) is 27.8 Å². The van der Waals surface area contributed by atoms with Gasteiger partial charge in [0.1, 0.15) is 0 Å². The molecule has 2 aromatic rings. The SMILES string of the molecule is O=S(=O)(c1ccccc1Br)N(CCBr)Cc1ccccc1. The van der Waals surface area contributed by atoms with E-state index in [2.05, 4.69) is 31.9 Å². The standard InChI is InChI=1S/C15H15Br2NO2S/c16-10-11-18(12-13-6-2-1-3-7-13)21(19,20)15-9-5-4-8-14(15)17/h1-9H,10-12H2. The molecule has 0 saturated heterocycles. The van der Waals surface area contributed by atoms with E-state index in [1.807, 2.05) is 30.3 Å². The number of benzene rings is 2. The third-order valence-electron chi connectivity index (χ3n) is 2.99. The third-order valence-corrected chi connectivity index (χ3v) is 6.20. The van der Waals surface area contributed by atoms with Gasteiger partial charge in [-0.3, -0.25) is 0 Å². The van der Waals surface area contributed by atoms with Crippen molar-refractivity contribution in [3.8, 4) is 0 Å². The highest BCUT2D eigenvalue weighted by Gasteiger charge is 2.25. The summed E-state index contributed by atoms with van der Waals surface area (Å²) in [7, 11) is -3.54. The molecular formula is C15H15Br2NO2S. The fourth-order valence-electron chi connectivity index (χ4n) is 1.96. The average Bonchev–Trinajstić information content (AvgIpc) is 2.48. The van der Waals surface area contributed by atoms with Gasteiger partial charge in [-0.25, -0.2) is 8.42 Å². The summed E-state index contributed by atoms with van der Waals surface area (Å²) in [5, 5.41) is 0.587. The lowest BCUT2D eigenvalue weighted by Gasteiger charge is -2.22. The Balaban J connectivity index is 2.35. The van der Waals surface area contributed by atoms with Crippen LogP contribution in [0.4, 0.5) is 0 Å². The lowest BCUT2D eigenvalue weighted by atomic mass is 10.2. The zero-order valence-electron chi connectivity index (χ0n) is 11.2. The van der Waals surface area contributed by atoms with Gasteiger partial charge in [0, 0.05) is 22.9 Å². The minimum absolute atomic E-state index is 0.293. The molecule has 2 aromatic carbocycles. The molecule has 0 aliphatic heterocycles. The van der Waals surface area contributed by atoms with Crippen LogP contribution in [0.5, 0.6) is 0 Å². The molecule has 0 fully saturated rings. The summed E-state index contributed by atoms with van der Waals surface area (Å²) in [6.45, 7) is 0.772. The zero-order valence-corrected chi connectivity index (χ0v) is 15.2. The summed E-state index contributed by atoms with van der Waals surface area (Å²) in [5.41, 5.74) is 0.967. The van der Waals surface area contributed by atoms with Crippen LogP contribution in [0.25, 0.3) is 0 Å². The van der Waals surface area contributed by atoms with E-state index in [0.717, 1.165) is 5.56 Å². The van der Waals surface area contributed by atoms with Crippen molar-refractivity contribution in [1.29, 1.82) is 0 Å². The van der Waals surface area contributed by atoms with Gasteiger partial charge in [0.15, 0.2) is 0 Å². The first kappa shape index (κ1) is 16.7. The van der Waals surface area contributed by atoms with Crippen LogP contribution < -0.4 is 0 Å². The molecule has 6 heteroatoms. The average molecular weight is 433 g/mol. The van der Waals surface area contributed by atoms with Crippen LogP contribution in [0.1, 0.15) is 5.56 Å². The number of hydrogen-bond acceptors (Lipinski definition) is 2. The fourth-order valence-corrected chi connectivity index (χ4v) is 5.01. The second-order valence-electron chi connectivity index (χ2n) is 4.44. The molecule has 0 N–H and O–H groups in total. The molecule has 0 amide bonds. The van der Waals surface area contributed by atoms with Gasteiger partial charge in [0.05, 0.1) is 4.90 Å². The van der Waals surface area contributed by atoms with Crippen molar-refractivity contribution in [2.45, 2.75) is 11.4 Å². The van der Waals surface area contributed by atoms with Crippen LogP contribution >= 0.6 is 31.9 Å². The molecule has 21 heavy (non-hydrogen) atoms. The molecule has 0 radical (unpaired) electrons. The smallest absolute Gasteiger partial charge is 0.207 e. The van der Waals surface area contributed by atoms with Crippen LogP contribution in [0.3, 0.4) is 0 Å². The molecule has 112 valence electrons. The van der Waals surface area contributed by atoms with Crippen LogP contribution in [-0.4, -0.2) is 24.6 Å². The molecular weight excluding hydrogens is 418 g/mol. The molecule has 0 spiro atoms. The van der Waals surface area contributed by atoms with Crippen molar-refractivity contribution in [2.75, 3.05) is 11.9 Å². The van der Waals surface area contributed by atoms with E-state index in [9.17, 15) is 8.42 Å². The van der Waals surface area contributed by atoms with E-state index >= 15 is 0 Å². The second kappa shape index (κ2) is 7.54. The van der Waals surface area contributed by atoms with Gasteiger partial charge >= 0.3 is 0 Å². The van der Waals surface area contributed by atoms with Gasteiger partial charge in [-0.05, 0) is 33.6 Å². The topological polar surface area (TPSA) is 37.4 Å². The van der Waals surface area contributed by atoms with Crippen LogP contribution in [0, 0.1) is 0 Å². The highest BCUT2D eigenvalue weighted by molar-refractivity contribution is 9.10. The first-order chi connectivity index (χ1) is 10.1. The molecule has 2 rings (SSSR count). The van der Waals surface area contributed by atoms with Crippen LogP contribution in [-0.2, 0) is 16.6 Å². The number of alkyl halides is 1. The number of rotatable bonds is 6. The maximum atomic E-state index is 12.8. The lowest BCUT2D eigenvalue weighted by molar-refractivity contribution is 0.426. The summed E-state index contributed by atoms with van der Waals surface area (Å²) < 4.78 is 27.7. The first-order valence-corrected chi connectivity index (χ1v) is 9.75. The third kappa shape index (κ3) is 4.16. The quantitative estimate of drug-likeness (QED) is 0.646. The minimum atomic E-state index is -3.54. The highest BCUT2D eigenvalue weighted by atomic mass is 79.9. The number of halogens is 2. The maximum Gasteiger partial charge on any atom is 0.244 e. The van der Waals surface area contributed by atoms with Crippen molar-refractivity contribution >= 4 is 41.9 Å². The zero-order chi connectivity index (χ0) is 15.3. The number of sulfonamides is 1. The van der Waals surface area contributed by atoms with E-state index in [1.165, 1.54) is 4.31 Å². The fraction of sp³-hybridized carbons (Fsp3) is 0.200. The number of hydrogen-bond donors (Lipinski definition) is 0. The molecule has 3 nitrogen and oxygen atoms in total. The van der Waals surface area contributed by atoms with Gasteiger partial charge in [0.2, 0.25) is 10.0 Å². The van der Waals surface area contributed by atoms with E-state index < -0.39 is 10.0 Å². The molecule has 0 unspecified atom stereocenters. The van der Waals surface area contributed by atoms with Crippen molar-refractivity contribution in [3.05, 3.63) is 64.6 Å². The van der Waals surface area contributed by atoms with Crippen molar-refractivity contribution < 1.29 is 8.42 Å². The van der Waals surface area contributed by atoms with E-state index in [4.69, 9.17) is 0 Å². The first-order valence-electron chi connectivity index (χ1n) is 6.40. The predicted molar refractivity (Wildman–Crippen MR) is 92.0 cm³/mol. The van der Waals surface area contributed by atoms with Crippen molar-refractivity contribution in [1.82, 2.24) is 4.31 Å². The van der Waals surface area contributed by atoms with Crippen molar-refractivity contribution in [2.24, 2.45) is 0 Å². The lowest BCUT2D eigenvalue weighted by Crippen LogP contribution is -2.32. The van der Waals surface area contributed by atoms with Crippen LogP contribution in [0.15, 0.2) is 64.0 Å². The Labute approximate surface area is 142 Å². The Morgan fingerprint density at radius 1 is 0.952 bits per heavy atom. The summed E-state index contributed by atoms with van der Waals surface area (Å²) in [5.74, 6) is 0. The van der Waals surface area contributed by atoms with Crippen molar-refractivity contribution in [3.63, 3.8) is 0 Å². The second-order valence-corrected chi connectivity index (χ2v) is 8.00. The van der Waals surface area contributed by atoms with Gasteiger partial charge in [-0.1, -0.05) is 58.4 Å². The summed E-state index contributed by atoms with van der Waals surface area (Å²) in [4.78, 5) is 0.293. The van der Waals surface area contributed by atoms with Gasteiger partial charge in [-0.2, -0.15) is 4.31 Å². The Morgan fingerprint density at radius 3 is 2.19 bits per heavy atom. The molecule has 0 heterocycles. The minimum Gasteiger partial charge on any atom is -0.207 e. The van der Waals surface area contributed by atoms with E-state index in [1.54, 1.807) is 24.3 Å². The monoisotopic (exact) mass is 431 g/mol. The maximum absolute atomic E-state index is 12.8. The summed E-state index contributed by atoms with van der Waals surface area (Å²) in [6.07, 6.45) is 0. The van der Waals surface area contributed by atoms with Gasteiger partial charge < -0.3 is 0 Å². The summed E-state index contributed by atoms with van der Waals surface area (Å²) >= 11 is 6.65. The predicted octanol–water partition coefficient (Wildman–Crippen LogP) is 4.03.